The van der Waals surface area contributed by atoms with Crippen LogP contribution in [0.2, 0.25) is 0 Å². The summed E-state index contributed by atoms with van der Waals surface area (Å²) in [5.74, 6) is 0.660. The van der Waals surface area contributed by atoms with Crippen LogP contribution in [0.4, 0.5) is 17.1 Å². The number of hydrogen-bond acceptors (Lipinski definition) is 1. The molecule has 0 bridgehead atoms. The fourth-order valence-electron chi connectivity index (χ4n) is 8.86. The van der Waals surface area contributed by atoms with Crippen LogP contribution in [-0.4, -0.2) is 0 Å². The molecule has 0 aromatic heterocycles. The predicted octanol–water partition coefficient (Wildman–Crippen LogP) is 13.5. The SMILES string of the molecule is CC1(C)c2cc(N(c3ccc4ccccc4c3-c3ccccc3)c3cccc4ccccc34)ccc2-c2c(C3CCCCC3)cccc21. The molecule has 0 heterocycles. The molecule has 48 heavy (non-hydrogen) atoms. The molecule has 0 radical (unpaired) electrons. The molecule has 0 spiro atoms. The first kappa shape index (κ1) is 29.0. The van der Waals surface area contributed by atoms with Gasteiger partial charge in [0.25, 0.3) is 0 Å². The highest BCUT2D eigenvalue weighted by molar-refractivity contribution is 6.08. The lowest BCUT2D eigenvalue weighted by atomic mass is 9.78. The van der Waals surface area contributed by atoms with E-state index >= 15 is 0 Å². The quantitative estimate of drug-likeness (QED) is 0.185. The topological polar surface area (TPSA) is 3.24 Å². The van der Waals surface area contributed by atoms with E-state index in [-0.39, 0.29) is 5.41 Å². The Balaban J connectivity index is 1.31. The number of benzene rings is 7. The van der Waals surface area contributed by atoms with Crippen molar-refractivity contribution in [3.05, 3.63) is 162 Å². The largest absolute Gasteiger partial charge is 0.309 e. The van der Waals surface area contributed by atoms with Crippen molar-refractivity contribution in [3.8, 4) is 22.3 Å². The van der Waals surface area contributed by atoms with Gasteiger partial charge in [-0.1, -0.05) is 154 Å². The van der Waals surface area contributed by atoms with E-state index in [1.165, 1.54) is 104 Å². The van der Waals surface area contributed by atoms with Gasteiger partial charge in [-0.05, 0) is 92.6 Å². The van der Waals surface area contributed by atoms with Crippen LogP contribution in [0.25, 0.3) is 43.8 Å². The molecule has 1 saturated carbocycles. The van der Waals surface area contributed by atoms with Crippen LogP contribution in [0.5, 0.6) is 0 Å². The summed E-state index contributed by atoms with van der Waals surface area (Å²) < 4.78 is 0. The van der Waals surface area contributed by atoms with Crippen molar-refractivity contribution >= 4 is 38.6 Å². The molecular formula is C47H41N. The smallest absolute Gasteiger partial charge is 0.0546 e. The summed E-state index contributed by atoms with van der Waals surface area (Å²) in [6.45, 7) is 4.86. The van der Waals surface area contributed by atoms with Crippen LogP contribution in [0.1, 0.15) is 68.6 Å². The minimum atomic E-state index is -0.0958. The maximum Gasteiger partial charge on any atom is 0.0546 e. The summed E-state index contributed by atoms with van der Waals surface area (Å²) in [6, 6.07) is 54.3. The fourth-order valence-corrected chi connectivity index (χ4v) is 8.86. The van der Waals surface area contributed by atoms with E-state index in [0.29, 0.717) is 5.92 Å². The maximum absolute atomic E-state index is 2.53. The molecule has 2 aliphatic carbocycles. The molecule has 0 N–H and O–H groups in total. The van der Waals surface area contributed by atoms with Gasteiger partial charge >= 0.3 is 0 Å². The van der Waals surface area contributed by atoms with Crippen molar-refractivity contribution in [1.29, 1.82) is 0 Å². The molecule has 0 aliphatic heterocycles. The second-order valence-electron chi connectivity index (χ2n) is 14.3. The van der Waals surface area contributed by atoms with Crippen LogP contribution in [0.15, 0.2) is 146 Å². The van der Waals surface area contributed by atoms with Crippen molar-refractivity contribution < 1.29 is 0 Å². The molecule has 2 aliphatic rings. The third-order valence-electron chi connectivity index (χ3n) is 11.2. The van der Waals surface area contributed by atoms with Crippen LogP contribution in [0.3, 0.4) is 0 Å². The third kappa shape index (κ3) is 4.60. The van der Waals surface area contributed by atoms with Crippen LogP contribution < -0.4 is 4.90 Å². The lowest BCUT2D eigenvalue weighted by molar-refractivity contribution is 0.444. The number of rotatable bonds is 5. The number of anilines is 3. The standard InChI is InChI=1S/C47H41N/c1-47(2)41-25-14-24-39(33-15-5-3-6-16-33)46(41)40-29-28-36(31-42(40)47)48(43-26-13-21-32-17-9-11-22-37(32)43)44-30-27-34-18-10-12-23-38(34)45(44)35-19-7-4-8-20-35/h4,7-14,17-31,33H,3,5-6,15-16H2,1-2H3. The molecule has 7 aromatic carbocycles. The van der Waals surface area contributed by atoms with E-state index in [1.54, 1.807) is 5.56 Å². The van der Waals surface area contributed by atoms with Gasteiger partial charge in [-0.15, -0.1) is 0 Å². The van der Waals surface area contributed by atoms with E-state index in [9.17, 15) is 0 Å². The van der Waals surface area contributed by atoms with Crippen LogP contribution >= 0.6 is 0 Å². The molecule has 0 atom stereocenters. The first-order chi connectivity index (χ1) is 23.6. The van der Waals surface area contributed by atoms with Crippen molar-refractivity contribution in [1.82, 2.24) is 0 Å². The normalized spacial score (nSPS) is 15.4. The summed E-state index contributed by atoms with van der Waals surface area (Å²) in [5, 5.41) is 5.00. The Hall–Kier alpha value is -5.14. The highest BCUT2D eigenvalue weighted by Crippen LogP contribution is 2.55. The zero-order valence-corrected chi connectivity index (χ0v) is 27.9. The summed E-state index contributed by atoms with van der Waals surface area (Å²) in [6.07, 6.45) is 6.69. The first-order valence-electron chi connectivity index (χ1n) is 17.7. The zero-order valence-electron chi connectivity index (χ0n) is 27.9. The molecule has 0 unspecified atom stereocenters. The number of hydrogen-bond donors (Lipinski definition) is 0. The maximum atomic E-state index is 2.53. The van der Waals surface area contributed by atoms with E-state index in [4.69, 9.17) is 0 Å². The monoisotopic (exact) mass is 619 g/mol. The van der Waals surface area contributed by atoms with E-state index in [0.717, 1.165) is 0 Å². The predicted molar refractivity (Wildman–Crippen MR) is 205 cm³/mol. The van der Waals surface area contributed by atoms with Gasteiger partial charge in [0.1, 0.15) is 0 Å². The molecular weight excluding hydrogens is 579 g/mol. The second-order valence-corrected chi connectivity index (χ2v) is 14.3. The van der Waals surface area contributed by atoms with E-state index < -0.39 is 0 Å². The highest BCUT2D eigenvalue weighted by Gasteiger charge is 2.38. The minimum absolute atomic E-state index is 0.0958. The minimum Gasteiger partial charge on any atom is -0.309 e. The molecule has 7 aromatic rings. The van der Waals surface area contributed by atoms with E-state index in [2.05, 4.69) is 164 Å². The zero-order chi connectivity index (χ0) is 32.2. The number of nitrogens with zero attached hydrogens (tertiary/aromatic N) is 1. The Morgan fingerprint density at radius 2 is 1.21 bits per heavy atom. The van der Waals surface area contributed by atoms with Gasteiger partial charge in [-0.2, -0.15) is 0 Å². The third-order valence-corrected chi connectivity index (χ3v) is 11.2. The Bertz CT molecular complexity index is 2300. The molecule has 1 nitrogen and oxygen atoms in total. The molecule has 0 saturated heterocycles. The Kier molecular flexibility index (Phi) is 6.97. The Morgan fingerprint density at radius 1 is 0.521 bits per heavy atom. The Morgan fingerprint density at radius 3 is 2.02 bits per heavy atom. The molecule has 1 fully saturated rings. The van der Waals surface area contributed by atoms with Gasteiger partial charge in [-0.25, -0.2) is 0 Å². The lowest BCUT2D eigenvalue weighted by Gasteiger charge is -2.31. The second kappa shape index (κ2) is 11.5. The highest BCUT2D eigenvalue weighted by atomic mass is 15.1. The van der Waals surface area contributed by atoms with Crippen molar-refractivity contribution in [2.45, 2.75) is 57.3 Å². The molecule has 0 amide bonds. The summed E-state index contributed by atoms with van der Waals surface area (Å²) >= 11 is 0. The van der Waals surface area contributed by atoms with E-state index in [1.807, 2.05) is 0 Å². The average molecular weight is 620 g/mol. The van der Waals surface area contributed by atoms with Gasteiger partial charge < -0.3 is 4.90 Å². The van der Waals surface area contributed by atoms with Crippen molar-refractivity contribution in [2.75, 3.05) is 4.90 Å². The number of fused-ring (bicyclic) bond motifs is 5. The Labute approximate surface area is 284 Å². The van der Waals surface area contributed by atoms with Gasteiger partial charge in [0.05, 0.1) is 11.4 Å². The lowest BCUT2D eigenvalue weighted by Crippen LogP contribution is -2.17. The van der Waals surface area contributed by atoms with Crippen LogP contribution in [0, 0.1) is 0 Å². The summed E-state index contributed by atoms with van der Waals surface area (Å²) in [7, 11) is 0. The molecule has 234 valence electrons. The summed E-state index contributed by atoms with van der Waals surface area (Å²) in [4.78, 5) is 2.53. The van der Waals surface area contributed by atoms with Gasteiger partial charge in [0.2, 0.25) is 0 Å². The molecule has 9 rings (SSSR count). The molecule has 1 heteroatoms. The van der Waals surface area contributed by atoms with Gasteiger partial charge in [0.15, 0.2) is 0 Å². The summed E-state index contributed by atoms with van der Waals surface area (Å²) in [5.41, 5.74) is 13.3. The van der Waals surface area contributed by atoms with Gasteiger partial charge in [-0.3, -0.25) is 0 Å². The average Bonchev–Trinajstić information content (AvgIpc) is 3.38. The van der Waals surface area contributed by atoms with Crippen molar-refractivity contribution in [3.63, 3.8) is 0 Å². The first-order valence-corrected chi connectivity index (χ1v) is 17.7. The van der Waals surface area contributed by atoms with Crippen molar-refractivity contribution in [2.24, 2.45) is 0 Å². The van der Waals surface area contributed by atoms with Crippen LogP contribution in [-0.2, 0) is 5.41 Å². The fraction of sp³-hybridized carbons (Fsp3) is 0.191. The van der Waals surface area contributed by atoms with Gasteiger partial charge in [0, 0.05) is 22.1 Å².